The molecule has 18 heavy (non-hydrogen) atoms. The van der Waals surface area contributed by atoms with Crippen molar-refractivity contribution in [3.8, 4) is 0 Å². The first-order chi connectivity index (χ1) is 8.52. The van der Waals surface area contributed by atoms with Crippen molar-refractivity contribution in [1.29, 1.82) is 0 Å². The van der Waals surface area contributed by atoms with E-state index in [0.717, 1.165) is 0 Å². The molecule has 0 bridgehead atoms. The largest absolute Gasteiger partial charge is 0.389 e. The zero-order valence-corrected chi connectivity index (χ0v) is 12.1. The Hall–Kier alpha value is -0.820. The van der Waals surface area contributed by atoms with E-state index in [0.29, 0.717) is 15.2 Å². The Balaban J connectivity index is 2.42. The molecular weight excluding hydrogens is 323 g/mol. The van der Waals surface area contributed by atoms with Crippen LogP contribution in [0.2, 0.25) is 5.02 Å². The minimum atomic E-state index is -0.724. The van der Waals surface area contributed by atoms with Crippen molar-refractivity contribution in [2.45, 2.75) is 6.10 Å². The molecule has 0 spiro atoms. The lowest BCUT2D eigenvalue weighted by Crippen LogP contribution is -2.36. The van der Waals surface area contributed by atoms with Gasteiger partial charge < -0.3 is 20.5 Å². The second kappa shape index (κ2) is 7.58. The Kier molecular flexibility index (Phi) is 6.42. The van der Waals surface area contributed by atoms with Crippen LogP contribution in [-0.2, 0) is 4.74 Å². The number of benzene rings is 1. The monoisotopic (exact) mass is 336 g/mol. The number of aliphatic hydroxyl groups excluding tert-OH is 1. The van der Waals surface area contributed by atoms with Gasteiger partial charge in [0.05, 0.1) is 17.7 Å². The summed E-state index contributed by atoms with van der Waals surface area (Å²) in [5.41, 5.74) is 0.602. The molecule has 0 aliphatic rings. The summed E-state index contributed by atoms with van der Waals surface area (Å²) in [6, 6.07) is 4.63. The van der Waals surface area contributed by atoms with Gasteiger partial charge in [-0.1, -0.05) is 11.6 Å². The number of ether oxygens (including phenoxy) is 1. The number of amides is 2. The predicted molar refractivity (Wildman–Crippen MR) is 74.1 cm³/mol. The van der Waals surface area contributed by atoms with Crippen LogP contribution in [0, 0.1) is 0 Å². The summed E-state index contributed by atoms with van der Waals surface area (Å²) in [6.45, 7) is 0.293. The minimum absolute atomic E-state index is 0.119. The van der Waals surface area contributed by atoms with Gasteiger partial charge in [-0.25, -0.2) is 4.79 Å². The van der Waals surface area contributed by atoms with E-state index < -0.39 is 12.1 Å². The van der Waals surface area contributed by atoms with Crippen molar-refractivity contribution in [3.05, 3.63) is 27.7 Å². The Morgan fingerprint density at radius 2 is 2.33 bits per heavy atom. The third kappa shape index (κ3) is 5.22. The van der Waals surface area contributed by atoms with Crippen LogP contribution in [0.1, 0.15) is 0 Å². The first kappa shape index (κ1) is 15.2. The van der Waals surface area contributed by atoms with E-state index in [-0.39, 0.29) is 13.2 Å². The number of halogens is 2. The average Bonchev–Trinajstić information content (AvgIpc) is 2.32. The lowest BCUT2D eigenvalue weighted by Gasteiger charge is -2.12. The van der Waals surface area contributed by atoms with Crippen molar-refractivity contribution in [2.75, 3.05) is 25.6 Å². The van der Waals surface area contributed by atoms with Crippen LogP contribution in [-0.4, -0.2) is 37.5 Å². The Labute approximate surface area is 119 Å². The van der Waals surface area contributed by atoms with E-state index in [2.05, 4.69) is 26.6 Å². The second-order valence-corrected chi connectivity index (χ2v) is 4.83. The van der Waals surface area contributed by atoms with Crippen molar-refractivity contribution >= 4 is 39.2 Å². The number of carbonyl (C=O) groups is 1. The lowest BCUT2D eigenvalue weighted by atomic mass is 10.3. The maximum atomic E-state index is 11.5. The van der Waals surface area contributed by atoms with Crippen LogP contribution in [0.25, 0.3) is 0 Å². The van der Waals surface area contributed by atoms with Gasteiger partial charge in [-0.3, -0.25) is 0 Å². The van der Waals surface area contributed by atoms with Gasteiger partial charge in [0.1, 0.15) is 0 Å². The van der Waals surface area contributed by atoms with Crippen molar-refractivity contribution in [1.82, 2.24) is 5.32 Å². The van der Waals surface area contributed by atoms with E-state index in [9.17, 15) is 9.90 Å². The molecule has 0 aromatic heterocycles. The van der Waals surface area contributed by atoms with Crippen LogP contribution >= 0.6 is 27.5 Å². The van der Waals surface area contributed by atoms with E-state index in [4.69, 9.17) is 16.3 Å². The van der Waals surface area contributed by atoms with E-state index >= 15 is 0 Å². The summed E-state index contributed by atoms with van der Waals surface area (Å²) >= 11 is 9.09. The van der Waals surface area contributed by atoms with Gasteiger partial charge in [0, 0.05) is 23.8 Å². The van der Waals surface area contributed by atoms with E-state index in [1.807, 2.05) is 0 Å². The van der Waals surface area contributed by atoms with Gasteiger partial charge in [0.15, 0.2) is 0 Å². The zero-order valence-electron chi connectivity index (χ0n) is 9.74. The molecule has 0 radical (unpaired) electrons. The van der Waals surface area contributed by atoms with E-state index in [1.54, 1.807) is 18.2 Å². The number of methoxy groups -OCH3 is 1. The SMILES string of the molecule is COC[C@H](O)CNC(=O)Nc1ccc(Cl)c(Br)c1. The molecule has 1 atom stereocenters. The maximum absolute atomic E-state index is 11.5. The number of anilines is 1. The Morgan fingerprint density at radius 1 is 1.61 bits per heavy atom. The topological polar surface area (TPSA) is 70.6 Å². The number of rotatable bonds is 5. The van der Waals surface area contributed by atoms with Crippen LogP contribution in [0.4, 0.5) is 10.5 Å². The normalized spacial score (nSPS) is 12.0. The smallest absolute Gasteiger partial charge is 0.319 e. The molecule has 1 aromatic carbocycles. The molecule has 1 rings (SSSR count). The molecule has 0 aliphatic carbocycles. The molecular formula is C11H14BrClN2O3. The standard InChI is InChI=1S/C11H14BrClN2O3/c1-18-6-8(16)5-14-11(17)15-7-2-3-10(13)9(12)4-7/h2-4,8,16H,5-6H2,1H3,(H2,14,15,17)/t8-/m1/s1. The minimum Gasteiger partial charge on any atom is -0.389 e. The highest BCUT2D eigenvalue weighted by molar-refractivity contribution is 9.10. The number of hydrogen-bond donors (Lipinski definition) is 3. The molecule has 5 nitrogen and oxygen atoms in total. The molecule has 0 saturated carbocycles. The number of hydrogen-bond acceptors (Lipinski definition) is 3. The maximum Gasteiger partial charge on any atom is 0.319 e. The van der Waals surface area contributed by atoms with Gasteiger partial charge in [0.25, 0.3) is 0 Å². The highest BCUT2D eigenvalue weighted by atomic mass is 79.9. The summed E-state index contributed by atoms with van der Waals surface area (Å²) in [7, 11) is 1.48. The number of aliphatic hydroxyl groups is 1. The second-order valence-electron chi connectivity index (χ2n) is 3.57. The van der Waals surface area contributed by atoms with Gasteiger partial charge in [-0.15, -0.1) is 0 Å². The van der Waals surface area contributed by atoms with Crippen molar-refractivity contribution in [2.24, 2.45) is 0 Å². The Morgan fingerprint density at radius 3 is 2.94 bits per heavy atom. The number of nitrogens with one attached hydrogen (secondary N) is 2. The summed E-state index contributed by atoms with van der Waals surface area (Å²) < 4.78 is 5.44. The summed E-state index contributed by atoms with van der Waals surface area (Å²) in [5.74, 6) is 0. The molecule has 0 saturated heterocycles. The third-order valence-electron chi connectivity index (χ3n) is 2.03. The predicted octanol–water partition coefficient (Wildman–Crippen LogP) is 2.23. The lowest BCUT2D eigenvalue weighted by molar-refractivity contribution is 0.0663. The average molecular weight is 338 g/mol. The summed E-state index contributed by atoms with van der Waals surface area (Å²) in [4.78, 5) is 11.5. The first-order valence-electron chi connectivity index (χ1n) is 5.20. The van der Waals surface area contributed by atoms with Gasteiger partial charge in [-0.2, -0.15) is 0 Å². The van der Waals surface area contributed by atoms with Crippen LogP contribution in [0.15, 0.2) is 22.7 Å². The molecule has 100 valence electrons. The first-order valence-corrected chi connectivity index (χ1v) is 6.37. The zero-order chi connectivity index (χ0) is 13.5. The van der Waals surface area contributed by atoms with E-state index in [1.165, 1.54) is 7.11 Å². The van der Waals surface area contributed by atoms with Crippen LogP contribution in [0.5, 0.6) is 0 Å². The summed E-state index contributed by atoms with van der Waals surface area (Å²) in [6.07, 6.45) is -0.724. The van der Waals surface area contributed by atoms with Crippen LogP contribution < -0.4 is 10.6 Å². The van der Waals surface area contributed by atoms with Gasteiger partial charge in [0.2, 0.25) is 0 Å². The fourth-order valence-electron chi connectivity index (χ4n) is 1.21. The highest BCUT2D eigenvalue weighted by Gasteiger charge is 2.07. The fourth-order valence-corrected chi connectivity index (χ4v) is 1.71. The summed E-state index contributed by atoms with van der Waals surface area (Å²) in [5, 5.41) is 15.1. The molecule has 3 N–H and O–H groups in total. The molecule has 0 fully saturated rings. The fraction of sp³-hybridized carbons (Fsp3) is 0.364. The molecule has 0 unspecified atom stereocenters. The molecule has 7 heteroatoms. The molecule has 1 aromatic rings. The molecule has 2 amide bonds. The molecule has 0 aliphatic heterocycles. The van der Waals surface area contributed by atoms with Gasteiger partial charge in [-0.05, 0) is 34.1 Å². The highest BCUT2D eigenvalue weighted by Crippen LogP contribution is 2.25. The number of carbonyl (C=O) groups excluding carboxylic acids is 1. The number of urea groups is 1. The van der Waals surface area contributed by atoms with Crippen LogP contribution in [0.3, 0.4) is 0 Å². The third-order valence-corrected chi connectivity index (χ3v) is 3.25. The van der Waals surface area contributed by atoms with Gasteiger partial charge >= 0.3 is 6.03 Å². The quantitative estimate of drug-likeness (QED) is 0.771. The Bertz CT molecular complexity index is 417. The molecule has 0 heterocycles. The van der Waals surface area contributed by atoms with Crippen molar-refractivity contribution < 1.29 is 14.6 Å². The van der Waals surface area contributed by atoms with Crippen molar-refractivity contribution in [3.63, 3.8) is 0 Å².